The lowest BCUT2D eigenvalue weighted by atomic mass is 9.83. The van der Waals surface area contributed by atoms with Gasteiger partial charge in [-0.05, 0) is 25.1 Å². The van der Waals surface area contributed by atoms with Crippen LogP contribution < -0.4 is 5.32 Å². The van der Waals surface area contributed by atoms with E-state index in [4.69, 9.17) is 0 Å². The van der Waals surface area contributed by atoms with Gasteiger partial charge in [0.2, 0.25) is 0 Å². The lowest BCUT2D eigenvalue weighted by Gasteiger charge is -2.26. The van der Waals surface area contributed by atoms with Crippen LogP contribution in [0, 0.1) is 17.0 Å². The third kappa shape index (κ3) is 3.63. The molecule has 3 heteroatoms. The van der Waals surface area contributed by atoms with Crippen molar-refractivity contribution < 1.29 is 8.78 Å². The molecule has 1 unspecified atom stereocenters. The Morgan fingerprint density at radius 3 is 2.41 bits per heavy atom. The Bertz CT molecular complexity index is 370. The summed E-state index contributed by atoms with van der Waals surface area (Å²) < 4.78 is 27.1. The molecule has 0 heterocycles. The van der Waals surface area contributed by atoms with Crippen LogP contribution in [0.25, 0.3) is 0 Å². The minimum absolute atomic E-state index is 0.132. The predicted molar refractivity (Wildman–Crippen MR) is 66.9 cm³/mol. The lowest BCUT2D eigenvalue weighted by molar-refractivity contribution is 0.380. The number of nitrogens with one attached hydrogen (secondary N) is 1. The maximum atomic E-state index is 13.5. The third-order valence-corrected chi connectivity index (χ3v) is 2.91. The molecule has 1 N–H and O–H groups in total. The summed E-state index contributed by atoms with van der Waals surface area (Å²) in [6.45, 7) is 9.16. The van der Waals surface area contributed by atoms with Crippen LogP contribution in [-0.4, -0.2) is 13.1 Å². The quantitative estimate of drug-likeness (QED) is 0.751. The minimum Gasteiger partial charge on any atom is -0.316 e. The topological polar surface area (TPSA) is 12.0 Å². The molecule has 0 amide bonds. The van der Waals surface area contributed by atoms with E-state index >= 15 is 0 Å². The Hall–Kier alpha value is -1.22. The van der Waals surface area contributed by atoms with Crippen molar-refractivity contribution in [1.29, 1.82) is 0 Å². The van der Waals surface area contributed by atoms with E-state index in [1.54, 1.807) is 6.08 Å². The van der Waals surface area contributed by atoms with Gasteiger partial charge in [-0.3, -0.25) is 0 Å². The summed E-state index contributed by atoms with van der Waals surface area (Å²) in [6, 6.07) is 3.95. The van der Waals surface area contributed by atoms with Crippen LogP contribution >= 0.6 is 0 Å². The Balaban J connectivity index is 2.90. The van der Waals surface area contributed by atoms with Crippen molar-refractivity contribution in [2.24, 2.45) is 5.41 Å². The maximum Gasteiger partial charge on any atom is 0.129 e. The van der Waals surface area contributed by atoms with E-state index < -0.39 is 11.6 Å². The van der Waals surface area contributed by atoms with Crippen LogP contribution in [0.2, 0.25) is 0 Å². The lowest BCUT2D eigenvalue weighted by Crippen LogP contribution is -2.32. The van der Waals surface area contributed by atoms with Gasteiger partial charge in [-0.15, -0.1) is 6.58 Å². The molecule has 0 saturated heterocycles. The fourth-order valence-corrected chi connectivity index (χ4v) is 1.72. The van der Waals surface area contributed by atoms with Gasteiger partial charge in [0.1, 0.15) is 11.6 Å². The SMILES string of the molecule is C=CC(C)(CNCC)Cc1c(F)cccc1F. The van der Waals surface area contributed by atoms with E-state index in [0.29, 0.717) is 13.0 Å². The zero-order chi connectivity index (χ0) is 12.9. The van der Waals surface area contributed by atoms with Crippen molar-refractivity contribution in [1.82, 2.24) is 5.32 Å². The van der Waals surface area contributed by atoms with Gasteiger partial charge in [-0.25, -0.2) is 8.78 Å². The van der Waals surface area contributed by atoms with Gasteiger partial charge in [-0.2, -0.15) is 0 Å². The van der Waals surface area contributed by atoms with Crippen LogP contribution in [0.4, 0.5) is 8.78 Å². The van der Waals surface area contributed by atoms with Crippen molar-refractivity contribution in [3.63, 3.8) is 0 Å². The first-order valence-electron chi connectivity index (χ1n) is 5.79. The number of hydrogen-bond acceptors (Lipinski definition) is 1. The van der Waals surface area contributed by atoms with E-state index in [2.05, 4.69) is 11.9 Å². The van der Waals surface area contributed by atoms with Gasteiger partial charge < -0.3 is 5.32 Å². The molecule has 1 aromatic rings. The average molecular weight is 239 g/mol. The average Bonchev–Trinajstić information content (AvgIpc) is 2.32. The van der Waals surface area contributed by atoms with Gasteiger partial charge >= 0.3 is 0 Å². The summed E-state index contributed by atoms with van der Waals surface area (Å²) in [4.78, 5) is 0. The molecule has 0 radical (unpaired) electrons. The van der Waals surface area contributed by atoms with Crippen LogP contribution in [0.5, 0.6) is 0 Å². The monoisotopic (exact) mass is 239 g/mol. The van der Waals surface area contributed by atoms with Crippen molar-refractivity contribution in [2.75, 3.05) is 13.1 Å². The van der Waals surface area contributed by atoms with Gasteiger partial charge in [0.05, 0.1) is 0 Å². The second-order valence-electron chi connectivity index (χ2n) is 4.52. The van der Waals surface area contributed by atoms with Crippen LogP contribution in [0.1, 0.15) is 19.4 Å². The zero-order valence-electron chi connectivity index (χ0n) is 10.4. The number of benzene rings is 1. The molecule has 0 bridgehead atoms. The standard InChI is InChI=1S/C14H19F2N/c1-4-14(3,10-17-5-2)9-11-12(15)7-6-8-13(11)16/h4,6-8,17H,1,5,9-10H2,2-3H3. The largest absolute Gasteiger partial charge is 0.316 e. The van der Waals surface area contributed by atoms with Crippen molar-refractivity contribution in [3.05, 3.63) is 48.1 Å². The molecule has 17 heavy (non-hydrogen) atoms. The van der Waals surface area contributed by atoms with Crippen molar-refractivity contribution in [3.8, 4) is 0 Å². The van der Waals surface area contributed by atoms with Crippen molar-refractivity contribution in [2.45, 2.75) is 20.3 Å². The molecule has 1 nitrogen and oxygen atoms in total. The summed E-state index contributed by atoms with van der Waals surface area (Å²) in [5.74, 6) is -0.982. The molecule has 0 aliphatic rings. The Labute approximate surface area is 102 Å². The van der Waals surface area contributed by atoms with Gasteiger partial charge in [0.25, 0.3) is 0 Å². The molecular formula is C14H19F2N. The van der Waals surface area contributed by atoms with E-state index in [1.165, 1.54) is 18.2 Å². The highest BCUT2D eigenvalue weighted by molar-refractivity contribution is 5.22. The van der Waals surface area contributed by atoms with Gasteiger partial charge in [-0.1, -0.05) is 26.0 Å². The first-order chi connectivity index (χ1) is 8.02. The molecule has 0 aromatic heterocycles. The second-order valence-corrected chi connectivity index (χ2v) is 4.52. The molecule has 0 aliphatic heterocycles. The highest BCUT2D eigenvalue weighted by Gasteiger charge is 2.23. The smallest absolute Gasteiger partial charge is 0.129 e. The van der Waals surface area contributed by atoms with Gasteiger partial charge in [0, 0.05) is 17.5 Å². The van der Waals surface area contributed by atoms with Crippen LogP contribution in [0.15, 0.2) is 30.9 Å². The van der Waals surface area contributed by atoms with E-state index in [1.807, 2.05) is 13.8 Å². The first kappa shape index (κ1) is 13.8. The van der Waals surface area contributed by atoms with Crippen LogP contribution in [-0.2, 0) is 6.42 Å². The van der Waals surface area contributed by atoms with E-state index in [9.17, 15) is 8.78 Å². The Kier molecular flexibility index (Phi) is 4.82. The van der Waals surface area contributed by atoms with Crippen molar-refractivity contribution >= 4 is 0 Å². The molecule has 1 atom stereocenters. The van der Waals surface area contributed by atoms with E-state index in [-0.39, 0.29) is 11.0 Å². The number of rotatable bonds is 6. The highest BCUT2D eigenvalue weighted by Crippen LogP contribution is 2.26. The molecule has 0 fully saturated rings. The fraction of sp³-hybridized carbons (Fsp3) is 0.429. The summed E-state index contributed by atoms with van der Waals surface area (Å²) in [5, 5.41) is 3.18. The summed E-state index contributed by atoms with van der Waals surface area (Å²) in [7, 11) is 0. The molecule has 0 aliphatic carbocycles. The van der Waals surface area contributed by atoms with Gasteiger partial charge in [0.15, 0.2) is 0 Å². The normalized spacial score (nSPS) is 14.4. The molecule has 1 aromatic carbocycles. The predicted octanol–water partition coefficient (Wildman–Crippen LogP) is 3.31. The Morgan fingerprint density at radius 1 is 1.35 bits per heavy atom. The molecule has 94 valence electrons. The number of hydrogen-bond donors (Lipinski definition) is 1. The molecular weight excluding hydrogens is 220 g/mol. The zero-order valence-corrected chi connectivity index (χ0v) is 10.4. The van der Waals surface area contributed by atoms with Crippen LogP contribution in [0.3, 0.4) is 0 Å². The maximum absolute atomic E-state index is 13.5. The van der Waals surface area contributed by atoms with E-state index in [0.717, 1.165) is 6.54 Å². The summed E-state index contributed by atoms with van der Waals surface area (Å²) in [6.07, 6.45) is 2.06. The second kappa shape index (κ2) is 5.92. The first-order valence-corrected chi connectivity index (χ1v) is 5.79. The minimum atomic E-state index is -0.491. The molecule has 0 spiro atoms. The summed E-state index contributed by atoms with van der Waals surface area (Å²) >= 11 is 0. The molecule has 1 rings (SSSR count). The number of halogens is 2. The fourth-order valence-electron chi connectivity index (χ4n) is 1.72. The third-order valence-electron chi connectivity index (χ3n) is 2.91. The summed E-state index contributed by atoms with van der Waals surface area (Å²) in [5.41, 5.74) is -0.216. The molecule has 0 saturated carbocycles. The Morgan fingerprint density at radius 2 is 1.94 bits per heavy atom. The highest BCUT2D eigenvalue weighted by atomic mass is 19.1.